The molecule has 1 N–H and O–H groups in total. The van der Waals surface area contributed by atoms with Crippen LogP contribution in [0.5, 0.6) is 0 Å². The molecule has 0 unspecified atom stereocenters. The van der Waals surface area contributed by atoms with Gasteiger partial charge in [-0.05, 0) is 42.2 Å². The van der Waals surface area contributed by atoms with Gasteiger partial charge in [-0.25, -0.2) is 0 Å². The van der Waals surface area contributed by atoms with E-state index in [1.807, 2.05) is 27.7 Å². The van der Waals surface area contributed by atoms with Gasteiger partial charge in [-0.2, -0.15) is 0 Å². The van der Waals surface area contributed by atoms with Crippen LogP contribution in [0.25, 0.3) is 0 Å². The summed E-state index contributed by atoms with van der Waals surface area (Å²) in [4.78, 5) is 23.8. The Morgan fingerprint density at radius 2 is 2.00 bits per heavy atom. The molecule has 0 aromatic heterocycles. The molecule has 0 bridgehead atoms. The Morgan fingerprint density at radius 3 is 2.50 bits per heavy atom. The van der Waals surface area contributed by atoms with Crippen molar-refractivity contribution in [2.24, 2.45) is 22.7 Å². The molecular formula is C16H24O4. The second-order valence-electron chi connectivity index (χ2n) is 7.16. The number of hydrogen-bond acceptors (Lipinski definition) is 4. The van der Waals surface area contributed by atoms with E-state index in [4.69, 9.17) is 4.74 Å². The van der Waals surface area contributed by atoms with Crippen molar-refractivity contribution >= 4 is 12.3 Å². The Kier molecular flexibility index (Phi) is 3.57. The summed E-state index contributed by atoms with van der Waals surface area (Å²) >= 11 is 0. The molecule has 2 aliphatic rings. The summed E-state index contributed by atoms with van der Waals surface area (Å²) in [6.45, 7) is 7.87. The SMILES string of the molecule is COC(=O)[C@@]1(C)CC(C)(C)[C@H]2C1=C(C=O)[C@H](C)C[C@@H]2O. The quantitative estimate of drug-likeness (QED) is 0.621. The number of allylic oxidation sites excluding steroid dienone is 1. The lowest BCUT2D eigenvalue weighted by molar-refractivity contribution is -0.149. The number of esters is 1. The molecule has 0 aromatic rings. The number of aliphatic hydroxyl groups is 1. The maximum atomic E-state index is 12.3. The average Bonchev–Trinajstić information content (AvgIpc) is 2.57. The Morgan fingerprint density at radius 1 is 1.40 bits per heavy atom. The molecule has 4 atom stereocenters. The molecule has 0 heterocycles. The van der Waals surface area contributed by atoms with Crippen LogP contribution in [0.4, 0.5) is 0 Å². The summed E-state index contributed by atoms with van der Waals surface area (Å²) in [5, 5.41) is 10.5. The predicted molar refractivity (Wildman–Crippen MR) is 74.9 cm³/mol. The van der Waals surface area contributed by atoms with Crippen LogP contribution >= 0.6 is 0 Å². The molecule has 20 heavy (non-hydrogen) atoms. The van der Waals surface area contributed by atoms with Crippen molar-refractivity contribution in [3.8, 4) is 0 Å². The standard InChI is InChI=1S/C16H24O4/c1-9-6-11(18)13-12(10(9)7-17)16(4,14(19)20-5)8-15(13,2)3/h7,9,11,13,18H,6,8H2,1-5H3/t9-,11+,13-,16+/m1/s1. The van der Waals surface area contributed by atoms with E-state index in [0.717, 1.165) is 11.9 Å². The maximum absolute atomic E-state index is 12.3. The minimum absolute atomic E-state index is 0.0216. The van der Waals surface area contributed by atoms with Gasteiger partial charge in [-0.3, -0.25) is 9.59 Å². The molecule has 2 rings (SSSR count). The molecule has 0 saturated heterocycles. The summed E-state index contributed by atoms with van der Waals surface area (Å²) in [5.74, 6) is -0.488. The van der Waals surface area contributed by atoms with Crippen LogP contribution in [0, 0.1) is 22.7 Å². The fourth-order valence-electron chi connectivity index (χ4n) is 4.54. The number of carbonyl (C=O) groups excluding carboxylic acids is 2. The highest BCUT2D eigenvalue weighted by molar-refractivity contribution is 5.86. The van der Waals surface area contributed by atoms with Crippen molar-refractivity contribution in [3.05, 3.63) is 11.1 Å². The fourth-order valence-corrected chi connectivity index (χ4v) is 4.54. The van der Waals surface area contributed by atoms with Gasteiger partial charge in [0.25, 0.3) is 0 Å². The number of fused-ring (bicyclic) bond motifs is 1. The first-order chi connectivity index (χ1) is 9.19. The monoisotopic (exact) mass is 280 g/mol. The van der Waals surface area contributed by atoms with Crippen LogP contribution in [-0.2, 0) is 14.3 Å². The predicted octanol–water partition coefficient (Wildman–Crippen LogP) is 2.11. The maximum Gasteiger partial charge on any atom is 0.315 e. The van der Waals surface area contributed by atoms with Gasteiger partial charge in [0, 0.05) is 5.92 Å². The molecule has 1 saturated carbocycles. The van der Waals surface area contributed by atoms with E-state index >= 15 is 0 Å². The van der Waals surface area contributed by atoms with E-state index in [0.29, 0.717) is 18.4 Å². The largest absolute Gasteiger partial charge is 0.468 e. The Hall–Kier alpha value is -1.16. The number of methoxy groups -OCH3 is 1. The summed E-state index contributed by atoms with van der Waals surface area (Å²) in [7, 11) is 1.37. The van der Waals surface area contributed by atoms with E-state index in [1.165, 1.54) is 7.11 Å². The van der Waals surface area contributed by atoms with Gasteiger partial charge in [0.15, 0.2) is 0 Å². The first-order valence-electron chi connectivity index (χ1n) is 7.15. The zero-order valence-electron chi connectivity index (χ0n) is 12.9. The molecule has 0 amide bonds. The summed E-state index contributed by atoms with van der Waals surface area (Å²) < 4.78 is 4.97. The van der Waals surface area contributed by atoms with Gasteiger partial charge in [0.2, 0.25) is 0 Å². The van der Waals surface area contributed by atoms with Crippen molar-refractivity contribution in [1.82, 2.24) is 0 Å². The lowest BCUT2D eigenvalue weighted by atomic mass is 9.68. The fraction of sp³-hybridized carbons (Fsp3) is 0.750. The third-order valence-electron chi connectivity index (χ3n) is 5.14. The van der Waals surface area contributed by atoms with Gasteiger partial charge >= 0.3 is 5.97 Å². The van der Waals surface area contributed by atoms with Crippen molar-refractivity contribution in [1.29, 1.82) is 0 Å². The van der Waals surface area contributed by atoms with E-state index in [2.05, 4.69) is 0 Å². The second-order valence-corrected chi connectivity index (χ2v) is 7.16. The van der Waals surface area contributed by atoms with Crippen molar-refractivity contribution in [2.45, 2.75) is 46.6 Å². The van der Waals surface area contributed by atoms with Crippen molar-refractivity contribution in [3.63, 3.8) is 0 Å². The van der Waals surface area contributed by atoms with Crippen LogP contribution in [0.15, 0.2) is 11.1 Å². The Balaban J connectivity index is 2.69. The Labute approximate surface area is 120 Å². The van der Waals surface area contributed by atoms with Crippen molar-refractivity contribution < 1.29 is 19.4 Å². The number of aliphatic hydroxyl groups excluding tert-OH is 1. The van der Waals surface area contributed by atoms with Crippen molar-refractivity contribution in [2.75, 3.05) is 7.11 Å². The number of rotatable bonds is 2. The first kappa shape index (κ1) is 15.2. The molecule has 2 aliphatic carbocycles. The molecule has 4 nitrogen and oxygen atoms in total. The highest BCUT2D eigenvalue weighted by atomic mass is 16.5. The smallest absolute Gasteiger partial charge is 0.315 e. The van der Waals surface area contributed by atoms with Gasteiger partial charge in [-0.15, -0.1) is 0 Å². The van der Waals surface area contributed by atoms with E-state index in [9.17, 15) is 14.7 Å². The summed E-state index contributed by atoms with van der Waals surface area (Å²) in [6, 6.07) is 0. The van der Waals surface area contributed by atoms with Crippen LogP contribution in [0.2, 0.25) is 0 Å². The number of carbonyl (C=O) groups is 2. The molecule has 0 radical (unpaired) electrons. The third kappa shape index (κ3) is 1.93. The normalized spacial score (nSPS) is 39.4. The zero-order valence-corrected chi connectivity index (χ0v) is 12.9. The summed E-state index contributed by atoms with van der Waals surface area (Å²) in [5.41, 5.74) is 0.440. The molecule has 0 spiro atoms. The molecule has 0 aliphatic heterocycles. The van der Waals surface area contributed by atoms with Crippen LogP contribution in [0.1, 0.15) is 40.5 Å². The molecule has 1 fully saturated rings. The highest BCUT2D eigenvalue weighted by Gasteiger charge is 2.60. The molecular weight excluding hydrogens is 256 g/mol. The van der Waals surface area contributed by atoms with Crippen LogP contribution < -0.4 is 0 Å². The molecule has 0 aromatic carbocycles. The van der Waals surface area contributed by atoms with Crippen LogP contribution in [0.3, 0.4) is 0 Å². The number of ether oxygens (including phenoxy) is 1. The highest BCUT2D eigenvalue weighted by Crippen LogP contribution is 2.61. The lowest BCUT2D eigenvalue weighted by Gasteiger charge is -2.38. The van der Waals surface area contributed by atoms with Gasteiger partial charge < -0.3 is 9.84 Å². The van der Waals surface area contributed by atoms with E-state index < -0.39 is 11.5 Å². The number of aldehydes is 1. The number of hydrogen-bond donors (Lipinski definition) is 1. The Bertz CT molecular complexity index is 477. The minimum Gasteiger partial charge on any atom is -0.468 e. The topological polar surface area (TPSA) is 63.6 Å². The van der Waals surface area contributed by atoms with E-state index in [-0.39, 0.29) is 23.2 Å². The molecule has 112 valence electrons. The lowest BCUT2D eigenvalue weighted by Crippen LogP contribution is -2.38. The van der Waals surface area contributed by atoms with Crippen LogP contribution in [-0.4, -0.2) is 30.6 Å². The minimum atomic E-state index is -0.811. The average molecular weight is 280 g/mol. The van der Waals surface area contributed by atoms with Gasteiger partial charge in [0.1, 0.15) is 6.29 Å². The van der Waals surface area contributed by atoms with Gasteiger partial charge in [-0.1, -0.05) is 20.8 Å². The first-order valence-corrected chi connectivity index (χ1v) is 7.15. The molecule has 4 heteroatoms. The van der Waals surface area contributed by atoms with E-state index in [1.54, 1.807) is 0 Å². The zero-order chi connectivity index (χ0) is 15.3. The second kappa shape index (κ2) is 4.69. The van der Waals surface area contributed by atoms with Gasteiger partial charge in [0.05, 0.1) is 18.6 Å². The third-order valence-corrected chi connectivity index (χ3v) is 5.14. The summed E-state index contributed by atoms with van der Waals surface area (Å²) in [6.07, 6.45) is 1.52.